The van der Waals surface area contributed by atoms with Gasteiger partial charge in [0.2, 0.25) is 0 Å². The lowest BCUT2D eigenvalue weighted by molar-refractivity contribution is 0.0439. The van der Waals surface area contributed by atoms with Crippen molar-refractivity contribution in [1.29, 1.82) is 0 Å². The SMILES string of the molecule is CCC1(c2cccc(OC)c2)CCN(C)COC1. The van der Waals surface area contributed by atoms with Gasteiger partial charge in [0.1, 0.15) is 5.75 Å². The van der Waals surface area contributed by atoms with Gasteiger partial charge in [0.15, 0.2) is 0 Å². The van der Waals surface area contributed by atoms with Crippen LogP contribution in [0.5, 0.6) is 5.75 Å². The Morgan fingerprint density at radius 2 is 2.28 bits per heavy atom. The number of ether oxygens (including phenoxy) is 2. The molecule has 1 aromatic rings. The molecule has 100 valence electrons. The van der Waals surface area contributed by atoms with Crippen molar-refractivity contribution in [2.75, 3.05) is 34.0 Å². The highest BCUT2D eigenvalue weighted by atomic mass is 16.5. The molecule has 0 saturated carbocycles. The van der Waals surface area contributed by atoms with Crippen molar-refractivity contribution in [1.82, 2.24) is 4.90 Å². The van der Waals surface area contributed by atoms with Crippen LogP contribution in [0, 0.1) is 0 Å². The lowest BCUT2D eigenvalue weighted by Gasteiger charge is -2.31. The maximum absolute atomic E-state index is 5.83. The molecule has 1 unspecified atom stereocenters. The number of nitrogens with zero attached hydrogens (tertiary/aromatic N) is 1. The van der Waals surface area contributed by atoms with Crippen LogP contribution in [0.1, 0.15) is 25.3 Å². The second kappa shape index (κ2) is 5.72. The molecular weight excluding hydrogens is 226 g/mol. The molecule has 0 bridgehead atoms. The van der Waals surface area contributed by atoms with E-state index in [2.05, 4.69) is 37.1 Å². The fourth-order valence-corrected chi connectivity index (χ4v) is 2.60. The molecule has 0 radical (unpaired) electrons. The topological polar surface area (TPSA) is 21.7 Å². The number of hydrogen-bond acceptors (Lipinski definition) is 3. The largest absolute Gasteiger partial charge is 0.497 e. The van der Waals surface area contributed by atoms with Crippen LogP contribution in [-0.2, 0) is 10.2 Å². The fraction of sp³-hybridized carbons (Fsp3) is 0.600. The molecule has 3 heteroatoms. The number of hydrogen-bond donors (Lipinski definition) is 0. The van der Waals surface area contributed by atoms with Crippen LogP contribution in [0.4, 0.5) is 0 Å². The highest BCUT2D eigenvalue weighted by Crippen LogP contribution is 2.35. The third kappa shape index (κ3) is 2.68. The minimum absolute atomic E-state index is 0.124. The van der Waals surface area contributed by atoms with Crippen LogP contribution in [-0.4, -0.2) is 38.9 Å². The monoisotopic (exact) mass is 249 g/mol. The molecular formula is C15H23NO2. The van der Waals surface area contributed by atoms with E-state index in [-0.39, 0.29) is 5.41 Å². The van der Waals surface area contributed by atoms with Gasteiger partial charge in [-0.25, -0.2) is 0 Å². The molecule has 2 rings (SSSR count). The molecule has 0 aliphatic carbocycles. The van der Waals surface area contributed by atoms with Crippen molar-refractivity contribution in [3.8, 4) is 5.75 Å². The first-order valence-corrected chi connectivity index (χ1v) is 6.61. The molecule has 3 nitrogen and oxygen atoms in total. The summed E-state index contributed by atoms with van der Waals surface area (Å²) in [5.41, 5.74) is 1.46. The van der Waals surface area contributed by atoms with Gasteiger partial charge in [-0.2, -0.15) is 0 Å². The third-order valence-electron chi connectivity index (χ3n) is 4.02. The van der Waals surface area contributed by atoms with Crippen molar-refractivity contribution in [3.63, 3.8) is 0 Å². The normalized spacial score (nSPS) is 25.7. The van der Waals surface area contributed by atoms with Crippen LogP contribution in [0.25, 0.3) is 0 Å². The van der Waals surface area contributed by atoms with E-state index in [9.17, 15) is 0 Å². The van der Waals surface area contributed by atoms with Crippen molar-refractivity contribution in [2.45, 2.75) is 25.2 Å². The van der Waals surface area contributed by atoms with Crippen LogP contribution in [0.15, 0.2) is 24.3 Å². The summed E-state index contributed by atoms with van der Waals surface area (Å²) in [5.74, 6) is 0.929. The lowest BCUT2D eigenvalue weighted by Crippen LogP contribution is -2.31. The van der Waals surface area contributed by atoms with E-state index >= 15 is 0 Å². The Kier molecular flexibility index (Phi) is 4.25. The zero-order valence-corrected chi connectivity index (χ0v) is 11.6. The molecule has 1 aromatic carbocycles. The van der Waals surface area contributed by atoms with E-state index in [1.807, 2.05) is 6.07 Å². The number of methoxy groups -OCH3 is 1. The second-order valence-corrected chi connectivity index (χ2v) is 5.17. The summed E-state index contributed by atoms with van der Waals surface area (Å²) in [5, 5.41) is 0. The predicted octanol–water partition coefficient (Wildman–Crippen LogP) is 2.65. The molecule has 1 saturated heterocycles. The van der Waals surface area contributed by atoms with E-state index in [0.29, 0.717) is 0 Å². The summed E-state index contributed by atoms with van der Waals surface area (Å²) in [6, 6.07) is 8.41. The van der Waals surface area contributed by atoms with E-state index in [1.165, 1.54) is 5.56 Å². The zero-order valence-electron chi connectivity index (χ0n) is 11.6. The standard InChI is InChI=1S/C15H23NO2/c1-4-15(8-9-16(2)12-18-11-15)13-6-5-7-14(10-13)17-3/h5-7,10H,4,8-9,11-12H2,1-3H3. The maximum atomic E-state index is 5.83. The van der Waals surface area contributed by atoms with Crippen LogP contribution in [0.3, 0.4) is 0 Å². The van der Waals surface area contributed by atoms with Gasteiger partial charge in [-0.1, -0.05) is 19.1 Å². The van der Waals surface area contributed by atoms with Crippen LogP contribution < -0.4 is 4.74 Å². The molecule has 1 atom stereocenters. The molecule has 0 aromatic heterocycles. The smallest absolute Gasteiger partial charge is 0.119 e. The minimum atomic E-state index is 0.124. The summed E-state index contributed by atoms with van der Waals surface area (Å²) < 4.78 is 11.2. The molecule has 0 N–H and O–H groups in total. The summed E-state index contributed by atoms with van der Waals surface area (Å²) in [6.07, 6.45) is 2.22. The van der Waals surface area contributed by atoms with Gasteiger partial charge in [-0.15, -0.1) is 0 Å². The van der Waals surface area contributed by atoms with Crippen LogP contribution >= 0.6 is 0 Å². The van der Waals surface area contributed by atoms with Gasteiger partial charge >= 0.3 is 0 Å². The van der Waals surface area contributed by atoms with Crippen molar-refractivity contribution in [2.24, 2.45) is 0 Å². The van der Waals surface area contributed by atoms with E-state index < -0.39 is 0 Å². The molecule has 1 aliphatic rings. The Morgan fingerprint density at radius 3 is 3.00 bits per heavy atom. The summed E-state index contributed by atoms with van der Waals surface area (Å²) in [7, 11) is 3.83. The van der Waals surface area contributed by atoms with Gasteiger partial charge in [-0.3, -0.25) is 4.90 Å². The fourth-order valence-electron chi connectivity index (χ4n) is 2.60. The van der Waals surface area contributed by atoms with E-state index in [1.54, 1.807) is 7.11 Å². The first-order valence-electron chi connectivity index (χ1n) is 6.61. The van der Waals surface area contributed by atoms with Gasteiger partial charge in [0, 0.05) is 12.0 Å². The maximum Gasteiger partial charge on any atom is 0.119 e. The molecule has 18 heavy (non-hydrogen) atoms. The first kappa shape index (κ1) is 13.4. The Labute approximate surface area is 110 Å². The molecule has 1 aliphatic heterocycles. The van der Waals surface area contributed by atoms with Gasteiger partial charge in [0.25, 0.3) is 0 Å². The van der Waals surface area contributed by atoms with E-state index in [4.69, 9.17) is 9.47 Å². The average Bonchev–Trinajstić information content (AvgIpc) is 2.61. The predicted molar refractivity (Wildman–Crippen MR) is 73.0 cm³/mol. The van der Waals surface area contributed by atoms with Gasteiger partial charge in [0.05, 0.1) is 20.4 Å². The second-order valence-electron chi connectivity index (χ2n) is 5.17. The minimum Gasteiger partial charge on any atom is -0.497 e. The summed E-state index contributed by atoms with van der Waals surface area (Å²) in [6.45, 7) is 4.84. The Balaban J connectivity index is 2.29. The van der Waals surface area contributed by atoms with Crippen molar-refractivity contribution < 1.29 is 9.47 Å². The number of benzene rings is 1. The van der Waals surface area contributed by atoms with Crippen LogP contribution in [0.2, 0.25) is 0 Å². The number of rotatable bonds is 3. The summed E-state index contributed by atoms with van der Waals surface area (Å²) in [4.78, 5) is 2.23. The molecule has 1 heterocycles. The molecule has 1 fully saturated rings. The molecule has 0 spiro atoms. The quantitative estimate of drug-likeness (QED) is 0.822. The Hall–Kier alpha value is -1.06. The summed E-state index contributed by atoms with van der Waals surface area (Å²) >= 11 is 0. The average molecular weight is 249 g/mol. The van der Waals surface area contributed by atoms with Crippen molar-refractivity contribution in [3.05, 3.63) is 29.8 Å². The third-order valence-corrected chi connectivity index (χ3v) is 4.02. The highest BCUT2D eigenvalue weighted by Gasteiger charge is 2.33. The van der Waals surface area contributed by atoms with Gasteiger partial charge < -0.3 is 9.47 Å². The first-order chi connectivity index (χ1) is 8.70. The van der Waals surface area contributed by atoms with Gasteiger partial charge in [-0.05, 0) is 37.6 Å². The Morgan fingerprint density at radius 1 is 1.44 bits per heavy atom. The Bertz CT molecular complexity index is 394. The highest BCUT2D eigenvalue weighted by molar-refractivity contribution is 5.34. The van der Waals surface area contributed by atoms with Crippen molar-refractivity contribution >= 4 is 0 Å². The molecule has 0 amide bonds. The van der Waals surface area contributed by atoms with E-state index in [0.717, 1.165) is 38.5 Å². The zero-order chi connectivity index (χ0) is 13.0. The lowest BCUT2D eigenvalue weighted by atomic mass is 9.76.